The topological polar surface area (TPSA) is 65.8 Å². The van der Waals surface area contributed by atoms with Gasteiger partial charge in [0, 0.05) is 49.8 Å². The molecule has 0 unspecified atom stereocenters. The summed E-state index contributed by atoms with van der Waals surface area (Å²) in [4.78, 5) is 25.6. The van der Waals surface area contributed by atoms with Gasteiger partial charge in [-0.15, -0.1) is 0 Å². The van der Waals surface area contributed by atoms with Crippen molar-refractivity contribution < 1.29 is 4.79 Å². The first kappa shape index (κ1) is 17.5. The van der Waals surface area contributed by atoms with E-state index in [1.807, 2.05) is 59.8 Å². The summed E-state index contributed by atoms with van der Waals surface area (Å²) >= 11 is 0. The number of anilines is 1. The van der Waals surface area contributed by atoms with Crippen molar-refractivity contribution in [1.82, 2.24) is 24.2 Å². The second-order valence-corrected chi connectivity index (χ2v) is 7.12. The Morgan fingerprint density at radius 2 is 1.70 bits per heavy atom. The smallest absolute Gasteiger partial charge is 0.321 e. The average Bonchev–Trinajstić information content (AvgIpc) is 3.07. The van der Waals surface area contributed by atoms with Gasteiger partial charge in [0.1, 0.15) is 0 Å². The molecular weight excluding hydrogens is 340 g/mol. The number of likely N-dealkylation sites (N-methyl/N-ethyl adjacent to an activating group) is 1. The van der Waals surface area contributed by atoms with Crippen LogP contribution >= 0.6 is 0 Å². The largest absolute Gasteiger partial charge is 0.322 e. The molecule has 140 valence electrons. The lowest BCUT2D eigenvalue weighted by Crippen LogP contribution is -2.48. The average molecular weight is 364 g/mol. The molecule has 3 heterocycles. The number of piperazine rings is 1. The van der Waals surface area contributed by atoms with Crippen molar-refractivity contribution in [2.75, 3.05) is 38.5 Å². The molecule has 0 aliphatic carbocycles. The minimum absolute atomic E-state index is 0.0410. The summed E-state index contributed by atoms with van der Waals surface area (Å²) in [6, 6.07) is 7.77. The second-order valence-electron chi connectivity index (χ2n) is 7.12. The maximum atomic E-state index is 12.4. The zero-order chi connectivity index (χ0) is 19.0. The molecule has 4 rings (SSSR count). The number of amides is 2. The van der Waals surface area contributed by atoms with Crippen LogP contribution in [0.2, 0.25) is 0 Å². The molecular formula is C20H24N6O. The van der Waals surface area contributed by atoms with Crippen molar-refractivity contribution >= 4 is 17.4 Å². The SMILES string of the molecule is Cc1cn2cc(-c3ccc(NC(=O)N4CCN(C)CC4)cc3)nc2c(C)n1. The molecule has 27 heavy (non-hydrogen) atoms. The number of hydrogen-bond acceptors (Lipinski definition) is 4. The van der Waals surface area contributed by atoms with Crippen LogP contribution in [-0.4, -0.2) is 63.4 Å². The van der Waals surface area contributed by atoms with Crippen molar-refractivity contribution in [3.05, 3.63) is 48.0 Å². The van der Waals surface area contributed by atoms with Crippen molar-refractivity contribution in [1.29, 1.82) is 0 Å². The summed E-state index contributed by atoms with van der Waals surface area (Å²) < 4.78 is 2.01. The third kappa shape index (κ3) is 3.64. The van der Waals surface area contributed by atoms with Gasteiger partial charge in [-0.1, -0.05) is 12.1 Å². The van der Waals surface area contributed by atoms with Gasteiger partial charge < -0.3 is 19.5 Å². The second kappa shape index (κ2) is 7.00. The molecule has 0 atom stereocenters. The van der Waals surface area contributed by atoms with E-state index < -0.39 is 0 Å². The highest BCUT2D eigenvalue weighted by Crippen LogP contribution is 2.22. The number of nitrogens with zero attached hydrogens (tertiary/aromatic N) is 5. The molecule has 0 bridgehead atoms. The fourth-order valence-electron chi connectivity index (χ4n) is 3.38. The molecule has 0 spiro atoms. The van der Waals surface area contributed by atoms with Crippen molar-refractivity contribution in [3.8, 4) is 11.3 Å². The van der Waals surface area contributed by atoms with E-state index in [4.69, 9.17) is 4.98 Å². The zero-order valence-electron chi connectivity index (χ0n) is 15.9. The molecule has 1 saturated heterocycles. The number of benzene rings is 1. The van der Waals surface area contributed by atoms with Crippen molar-refractivity contribution in [2.45, 2.75) is 13.8 Å². The molecule has 1 aromatic carbocycles. The molecule has 1 aliphatic heterocycles. The Morgan fingerprint density at radius 1 is 1.00 bits per heavy atom. The number of nitrogens with one attached hydrogen (secondary N) is 1. The monoisotopic (exact) mass is 364 g/mol. The Morgan fingerprint density at radius 3 is 2.41 bits per heavy atom. The van der Waals surface area contributed by atoms with Gasteiger partial charge in [-0.25, -0.2) is 9.78 Å². The van der Waals surface area contributed by atoms with Crippen LogP contribution in [0.5, 0.6) is 0 Å². The van der Waals surface area contributed by atoms with Gasteiger partial charge in [-0.3, -0.25) is 4.98 Å². The third-order valence-corrected chi connectivity index (χ3v) is 4.95. The zero-order valence-corrected chi connectivity index (χ0v) is 15.9. The molecule has 2 aromatic heterocycles. The highest BCUT2D eigenvalue weighted by Gasteiger charge is 2.19. The van der Waals surface area contributed by atoms with E-state index >= 15 is 0 Å². The van der Waals surface area contributed by atoms with Gasteiger partial charge in [0.25, 0.3) is 0 Å². The Hall–Kier alpha value is -2.93. The highest BCUT2D eigenvalue weighted by molar-refractivity contribution is 5.89. The fourth-order valence-corrected chi connectivity index (χ4v) is 3.38. The molecule has 3 aromatic rings. The molecule has 1 fully saturated rings. The van der Waals surface area contributed by atoms with Crippen LogP contribution in [0.15, 0.2) is 36.7 Å². The minimum atomic E-state index is -0.0410. The summed E-state index contributed by atoms with van der Waals surface area (Å²) in [5, 5.41) is 2.98. The van der Waals surface area contributed by atoms with Gasteiger partial charge in [-0.05, 0) is 33.0 Å². The minimum Gasteiger partial charge on any atom is -0.322 e. The highest BCUT2D eigenvalue weighted by atomic mass is 16.2. The molecule has 0 saturated carbocycles. The summed E-state index contributed by atoms with van der Waals surface area (Å²) in [6.45, 7) is 7.28. The first-order chi connectivity index (χ1) is 13.0. The number of aryl methyl sites for hydroxylation is 2. The number of hydrogen-bond donors (Lipinski definition) is 1. The van der Waals surface area contributed by atoms with E-state index in [2.05, 4.69) is 22.2 Å². The van der Waals surface area contributed by atoms with Crippen LogP contribution in [0.1, 0.15) is 11.4 Å². The van der Waals surface area contributed by atoms with E-state index in [1.54, 1.807) is 0 Å². The number of imidazole rings is 1. The summed E-state index contributed by atoms with van der Waals surface area (Å²) in [7, 11) is 2.08. The Balaban J connectivity index is 1.49. The van der Waals surface area contributed by atoms with Crippen LogP contribution in [0, 0.1) is 13.8 Å². The van der Waals surface area contributed by atoms with Gasteiger partial charge >= 0.3 is 6.03 Å². The number of carbonyl (C=O) groups is 1. The van der Waals surface area contributed by atoms with Crippen LogP contribution < -0.4 is 5.32 Å². The van der Waals surface area contributed by atoms with Crippen LogP contribution in [0.3, 0.4) is 0 Å². The van der Waals surface area contributed by atoms with Gasteiger partial charge in [0.2, 0.25) is 0 Å². The number of carbonyl (C=O) groups excluding carboxylic acids is 1. The lowest BCUT2D eigenvalue weighted by Gasteiger charge is -2.32. The number of urea groups is 1. The number of aromatic nitrogens is 3. The van der Waals surface area contributed by atoms with Crippen LogP contribution in [0.25, 0.3) is 16.9 Å². The lowest BCUT2D eigenvalue weighted by atomic mass is 10.1. The third-order valence-electron chi connectivity index (χ3n) is 4.95. The van der Waals surface area contributed by atoms with Gasteiger partial charge in [0.05, 0.1) is 17.1 Å². The molecule has 1 aliphatic rings. The maximum absolute atomic E-state index is 12.4. The first-order valence-corrected chi connectivity index (χ1v) is 9.17. The van der Waals surface area contributed by atoms with E-state index in [1.165, 1.54) is 0 Å². The van der Waals surface area contributed by atoms with Gasteiger partial charge in [-0.2, -0.15) is 0 Å². The van der Waals surface area contributed by atoms with E-state index in [-0.39, 0.29) is 6.03 Å². The standard InChI is InChI=1S/C20H24N6O/c1-14-12-26-13-18(23-19(26)15(2)21-14)16-4-6-17(7-5-16)22-20(27)25-10-8-24(3)9-11-25/h4-7,12-13H,8-11H2,1-3H3,(H,22,27). The summed E-state index contributed by atoms with van der Waals surface area (Å²) in [6.07, 6.45) is 3.98. The van der Waals surface area contributed by atoms with E-state index in [9.17, 15) is 4.79 Å². The summed E-state index contributed by atoms with van der Waals surface area (Å²) in [5.41, 5.74) is 5.43. The molecule has 2 amide bonds. The van der Waals surface area contributed by atoms with Crippen molar-refractivity contribution in [3.63, 3.8) is 0 Å². The Labute approximate surface area is 158 Å². The van der Waals surface area contributed by atoms with Gasteiger partial charge in [0.15, 0.2) is 5.65 Å². The molecule has 1 N–H and O–H groups in total. The normalized spacial score (nSPS) is 15.3. The lowest BCUT2D eigenvalue weighted by molar-refractivity contribution is 0.164. The Kier molecular flexibility index (Phi) is 4.53. The van der Waals surface area contributed by atoms with E-state index in [0.29, 0.717) is 0 Å². The number of fused-ring (bicyclic) bond motifs is 1. The maximum Gasteiger partial charge on any atom is 0.321 e. The van der Waals surface area contributed by atoms with Crippen LogP contribution in [0.4, 0.5) is 10.5 Å². The molecule has 7 nitrogen and oxygen atoms in total. The van der Waals surface area contributed by atoms with Crippen molar-refractivity contribution in [2.24, 2.45) is 0 Å². The summed E-state index contributed by atoms with van der Waals surface area (Å²) in [5.74, 6) is 0. The predicted molar refractivity (Wildman–Crippen MR) is 106 cm³/mol. The van der Waals surface area contributed by atoms with Crippen LogP contribution in [-0.2, 0) is 0 Å². The molecule has 7 heteroatoms. The first-order valence-electron chi connectivity index (χ1n) is 9.17. The quantitative estimate of drug-likeness (QED) is 0.759. The Bertz CT molecular complexity index is 970. The fraction of sp³-hybridized carbons (Fsp3) is 0.350. The molecule has 0 radical (unpaired) electrons. The van der Waals surface area contributed by atoms with E-state index in [0.717, 1.165) is 60.2 Å². The predicted octanol–water partition coefficient (Wildman–Crippen LogP) is 2.79. The number of rotatable bonds is 2.